The molecule has 0 aliphatic carbocycles. The van der Waals surface area contributed by atoms with Crippen molar-refractivity contribution >= 4 is 24.1 Å². The Kier molecular flexibility index (Phi) is 10.3. The lowest BCUT2D eigenvalue weighted by Gasteiger charge is -2.23. The lowest BCUT2D eigenvalue weighted by atomic mass is 10.1. The summed E-state index contributed by atoms with van der Waals surface area (Å²) in [5.74, 6) is -1.93. The van der Waals surface area contributed by atoms with Crippen molar-refractivity contribution < 1.29 is 38.5 Å². The zero-order valence-corrected chi connectivity index (χ0v) is 18.2. The van der Waals surface area contributed by atoms with Crippen LogP contribution in [-0.2, 0) is 30.4 Å². The molecule has 10 nitrogen and oxygen atoms in total. The Labute approximate surface area is 181 Å². The van der Waals surface area contributed by atoms with Gasteiger partial charge in [-0.1, -0.05) is 30.3 Å². The van der Waals surface area contributed by atoms with E-state index in [1.165, 1.54) is 7.11 Å². The number of alkyl carbamates (subject to hydrolysis) is 2. The maximum absolute atomic E-state index is 11.9. The number of carboxylic acids is 1. The molecule has 1 rings (SSSR count). The van der Waals surface area contributed by atoms with Crippen LogP contribution < -0.4 is 10.6 Å². The number of hydrogen-bond acceptors (Lipinski definition) is 7. The molecule has 0 spiro atoms. The molecule has 31 heavy (non-hydrogen) atoms. The molecule has 0 saturated heterocycles. The van der Waals surface area contributed by atoms with Gasteiger partial charge >= 0.3 is 24.1 Å². The van der Waals surface area contributed by atoms with Gasteiger partial charge in [0.05, 0.1) is 7.11 Å². The van der Waals surface area contributed by atoms with Crippen LogP contribution in [0.25, 0.3) is 0 Å². The Morgan fingerprint density at radius 3 is 2.10 bits per heavy atom. The zero-order valence-electron chi connectivity index (χ0n) is 18.2. The number of carbonyl (C=O) groups is 4. The summed E-state index contributed by atoms with van der Waals surface area (Å²) in [6.07, 6.45) is -1.35. The maximum atomic E-state index is 11.9. The number of carboxylic acid groups (broad SMARTS) is 1. The minimum Gasteiger partial charge on any atom is -0.480 e. The second-order valence-electron chi connectivity index (χ2n) is 7.75. The Morgan fingerprint density at radius 1 is 0.968 bits per heavy atom. The van der Waals surface area contributed by atoms with E-state index in [0.29, 0.717) is 0 Å². The molecular formula is C21H30N2O8. The van der Waals surface area contributed by atoms with E-state index in [2.05, 4.69) is 15.4 Å². The van der Waals surface area contributed by atoms with Gasteiger partial charge in [-0.15, -0.1) is 0 Å². The monoisotopic (exact) mass is 438 g/mol. The topological polar surface area (TPSA) is 140 Å². The largest absolute Gasteiger partial charge is 0.480 e. The molecule has 1 aromatic rings. The standard InChI is InChI=1S/C21H30N2O8/c1-21(2,3)31-20(28)23-16(18(26)29-4)12-8-11-15(17(24)25)22-19(27)30-13-14-9-6-5-7-10-14/h5-7,9-10,15-16H,8,11-13H2,1-4H3,(H,22,27)(H,23,28)(H,24,25)/t15-,16+/m1/s1. The first-order chi connectivity index (χ1) is 14.5. The van der Waals surface area contributed by atoms with Crippen molar-refractivity contribution in [3.63, 3.8) is 0 Å². The number of ether oxygens (including phenoxy) is 3. The fraction of sp³-hybridized carbons (Fsp3) is 0.524. The minimum atomic E-state index is -1.24. The molecule has 10 heteroatoms. The van der Waals surface area contributed by atoms with Gasteiger partial charge in [-0.2, -0.15) is 0 Å². The predicted molar refractivity (Wildman–Crippen MR) is 110 cm³/mol. The van der Waals surface area contributed by atoms with Crippen molar-refractivity contribution in [3.05, 3.63) is 35.9 Å². The third kappa shape index (κ3) is 10.9. The fourth-order valence-corrected chi connectivity index (χ4v) is 2.53. The molecule has 0 bridgehead atoms. The number of carbonyl (C=O) groups excluding carboxylic acids is 3. The summed E-state index contributed by atoms with van der Waals surface area (Å²) in [5, 5.41) is 14.0. The minimum absolute atomic E-state index is 0.00321. The Bertz CT molecular complexity index is 745. The van der Waals surface area contributed by atoms with E-state index in [4.69, 9.17) is 9.47 Å². The molecule has 0 fully saturated rings. The van der Waals surface area contributed by atoms with Gasteiger partial charge in [0, 0.05) is 0 Å². The van der Waals surface area contributed by atoms with Gasteiger partial charge in [-0.05, 0) is 45.6 Å². The highest BCUT2D eigenvalue weighted by atomic mass is 16.6. The molecule has 0 heterocycles. The quantitative estimate of drug-likeness (QED) is 0.374. The van der Waals surface area contributed by atoms with Crippen LogP contribution in [-0.4, -0.2) is 54.0 Å². The summed E-state index contributed by atoms with van der Waals surface area (Å²) in [6, 6.07) is 6.71. The summed E-state index contributed by atoms with van der Waals surface area (Å²) >= 11 is 0. The molecule has 0 aromatic heterocycles. The van der Waals surface area contributed by atoms with Gasteiger partial charge < -0.3 is 30.0 Å². The highest BCUT2D eigenvalue weighted by Crippen LogP contribution is 2.10. The average Bonchev–Trinajstić information content (AvgIpc) is 2.69. The van der Waals surface area contributed by atoms with Crippen molar-refractivity contribution in [1.29, 1.82) is 0 Å². The van der Waals surface area contributed by atoms with Crippen LogP contribution in [0.3, 0.4) is 0 Å². The number of hydrogen-bond donors (Lipinski definition) is 3. The van der Waals surface area contributed by atoms with Crippen molar-refractivity contribution in [2.75, 3.05) is 7.11 Å². The van der Waals surface area contributed by atoms with Crippen LogP contribution in [0.15, 0.2) is 30.3 Å². The number of methoxy groups -OCH3 is 1. The first-order valence-corrected chi connectivity index (χ1v) is 9.79. The molecule has 0 aliphatic heterocycles. The van der Waals surface area contributed by atoms with E-state index >= 15 is 0 Å². The van der Waals surface area contributed by atoms with Gasteiger partial charge in [-0.3, -0.25) is 0 Å². The van der Waals surface area contributed by atoms with Crippen molar-refractivity contribution in [3.8, 4) is 0 Å². The molecule has 2 amide bonds. The third-order valence-electron chi connectivity index (χ3n) is 3.97. The van der Waals surface area contributed by atoms with Crippen LogP contribution in [0.2, 0.25) is 0 Å². The van der Waals surface area contributed by atoms with E-state index in [9.17, 15) is 24.3 Å². The molecule has 0 aliphatic rings. The van der Waals surface area contributed by atoms with Gasteiger partial charge in [0.15, 0.2) is 0 Å². The molecule has 0 unspecified atom stereocenters. The number of amides is 2. The number of aliphatic carboxylic acids is 1. The lowest BCUT2D eigenvalue weighted by molar-refractivity contribution is -0.143. The van der Waals surface area contributed by atoms with Crippen LogP contribution in [0.4, 0.5) is 9.59 Å². The summed E-state index contributed by atoms with van der Waals surface area (Å²) in [7, 11) is 1.18. The van der Waals surface area contributed by atoms with Crippen LogP contribution >= 0.6 is 0 Å². The highest BCUT2D eigenvalue weighted by molar-refractivity contribution is 5.81. The summed E-state index contributed by atoms with van der Waals surface area (Å²) < 4.78 is 14.8. The predicted octanol–water partition coefficient (Wildman–Crippen LogP) is 2.60. The van der Waals surface area contributed by atoms with Gasteiger partial charge in [0.25, 0.3) is 0 Å². The van der Waals surface area contributed by atoms with E-state index < -0.39 is 41.8 Å². The molecule has 2 atom stereocenters. The third-order valence-corrected chi connectivity index (χ3v) is 3.97. The zero-order chi connectivity index (χ0) is 23.4. The number of nitrogens with one attached hydrogen (secondary N) is 2. The molecule has 3 N–H and O–H groups in total. The van der Waals surface area contributed by atoms with E-state index in [1.54, 1.807) is 45.0 Å². The molecule has 172 valence electrons. The molecule has 0 saturated carbocycles. The van der Waals surface area contributed by atoms with Gasteiger partial charge in [-0.25, -0.2) is 19.2 Å². The normalized spacial score (nSPS) is 12.8. The fourth-order valence-electron chi connectivity index (χ4n) is 2.53. The second kappa shape index (κ2) is 12.4. The second-order valence-corrected chi connectivity index (χ2v) is 7.75. The van der Waals surface area contributed by atoms with E-state index in [-0.39, 0.29) is 25.9 Å². The number of benzene rings is 1. The first kappa shape index (κ1) is 25.7. The smallest absolute Gasteiger partial charge is 0.408 e. The SMILES string of the molecule is COC(=O)[C@H](CCC[C@@H](NC(=O)OCc1ccccc1)C(=O)O)NC(=O)OC(C)(C)C. The molecule has 1 aromatic carbocycles. The van der Waals surface area contributed by atoms with Gasteiger partial charge in [0.2, 0.25) is 0 Å². The highest BCUT2D eigenvalue weighted by Gasteiger charge is 2.26. The lowest BCUT2D eigenvalue weighted by Crippen LogP contribution is -2.44. The number of esters is 1. The average molecular weight is 438 g/mol. The number of rotatable bonds is 10. The maximum Gasteiger partial charge on any atom is 0.408 e. The van der Waals surface area contributed by atoms with E-state index in [1.807, 2.05) is 6.07 Å². The summed E-state index contributed by atoms with van der Waals surface area (Å²) in [4.78, 5) is 47.2. The van der Waals surface area contributed by atoms with Crippen molar-refractivity contribution in [2.45, 2.75) is 64.3 Å². The van der Waals surface area contributed by atoms with Crippen molar-refractivity contribution in [1.82, 2.24) is 10.6 Å². The Hall–Kier alpha value is -3.30. The van der Waals surface area contributed by atoms with Crippen LogP contribution in [0.5, 0.6) is 0 Å². The summed E-state index contributed by atoms with van der Waals surface area (Å²) in [5.41, 5.74) is 0.0158. The van der Waals surface area contributed by atoms with Crippen molar-refractivity contribution in [2.24, 2.45) is 0 Å². The Balaban J connectivity index is 2.55. The van der Waals surface area contributed by atoms with Crippen LogP contribution in [0.1, 0.15) is 45.6 Å². The van der Waals surface area contributed by atoms with E-state index in [0.717, 1.165) is 5.56 Å². The first-order valence-electron chi connectivity index (χ1n) is 9.79. The summed E-state index contributed by atoms with van der Waals surface area (Å²) in [6.45, 7) is 5.04. The van der Waals surface area contributed by atoms with Crippen LogP contribution in [0, 0.1) is 0 Å². The van der Waals surface area contributed by atoms with Gasteiger partial charge in [0.1, 0.15) is 24.3 Å². The molecule has 0 radical (unpaired) electrons. The Morgan fingerprint density at radius 2 is 1.55 bits per heavy atom. The molecular weight excluding hydrogens is 408 g/mol.